The fraction of sp³-hybridized carbons (Fsp3) is 0.562. The van der Waals surface area contributed by atoms with E-state index in [0.29, 0.717) is 11.3 Å². The Morgan fingerprint density at radius 3 is 2.70 bits per heavy atom. The average molecular weight is 292 g/mol. The van der Waals surface area contributed by atoms with Crippen LogP contribution in [0.4, 0.5) is 5.69 Å². The van der Waals surface area contributed by atoms with E-state index in [-0.39, 0.29) is 10.7 Å². The number of benzene rings is 1. The number of hydrogen-bond acceptors (Lipinski definition) is 3. The van der Waals surface area contributed by atoms with E-state index in [1.54, 1.807) is 6.07 Å². The highest BCUT2D eigenvalue weighted by Crippen LogP contribution is 2.38. The Kier molecular flexibility index (Phi) is 4.97. The largest absolute Gasteiger partial charge is 0.398 e. The first-order valence-corrected chi connectivity index (χ1v) is 8.49. The molecule has 0 saturated heterocycles. The second-order valence-corrected chi connectivity index (χ2v) is 6.94. The van der Waals surface area contributed by atoms with Crippen molar-refractivity contribution < 1.29 is 4.79 Å². The van der Waals surface area contributed by atoms with Gasteiger partial charge in [0.05, 0.1) is 5.56 Å². The summed E-state index contributed by atoms with van der Waals surface area (Å²) in [5.41, 5.74) is 8.13. The molecule has 3 nitrogen and oxygen atoms in total. The minimum Gasteiger partial charge on any atom is -0.398 e. The minimum absolute atomic E-state index is 0.0507. The number of rotatable bonds is 4. The molecule has 0 heterocycles. The number of hydrogen-bond donors (Lipinski definition) is 2. The van der Waals surface area contributed by atoms with Gasteiger partial charge >= 0.3 is 0 Å². The Balaban J connectivity index is 2.02. The first-order chi connectivity index (χ1) is 9.58. The highest BCUT2D eigenvalue weighted by molar-refractivity contribution is 8.00. The number of nitrogens with one attached hydrogen (secondary N) is 1. The summed E-state index contributed by atoms with van der Waals surface area (Å²) >= 11 is 1.89. The second-order valence-electron chi connectivity index (χ2n) is 5.67. The standard InChI is InChI=1S/C16H24N2OS/c1-12-7-6-8-13(14(12)17)15(19)18-11-16(20-2)9-4-3-5-10-16/h6-8H,3-5,9-11,17H2,1-2H3,(H,18,19). The normalized spacial score (nSPS) is 17.7. The summed E-state index contributed by atoms with van der Waals surface area (Å²) in [6, 6.07) is 5.60. The predicted octanol–water partition coefficient (Wildman–Crippen LogP) is 3.37. The number of thioether (sulfide) groups is 1. The zero-order valence-corrected chi connectivity index (χ0v) is 13.2. The van der Waals surface area contributed by atoms with Gasteiger partial charge in [0.15, 0.2) is 0 Å². The highest BCUT2D eigenvalue weighted by atomic mass is 32.2. The van der Waals surface area contributed by atoms with Crippen LogP contribution in [0, 0.1) is 6.92 Å². The number of nitrogens with two attached hydrogens (primary N) is 1. The smallest absolute Gasteiger partial charge is 0.253 e. The Morgan fingerprint density at radius 2 is 2.05 bits per heavy atom. The molecule has 20 heavy (non-hydrogen) atoms. The summed E-state index contributed by atoms with van der Waals surface area (Å²) in [7, 11) is 0. The van der Waals surface area contributed by atoms with Crippen molar-refractivity contribution in [1.82, 2.24) is 5.32 Å². The van der Waals surface area contributed by atoms with Gasteiger partial charge in [0.25, 0.3) is 5.91 Å². The molecule has 110 valence electrons. The lowest BCUT2D eigenvalue weighted by molar-refractivity contribution is 0.0947. The molecule has 0 atom stereocenters. The molecule has 3 N–H and O–H groups in total. The lowest BCUT2D eigenvalue weighted by Gasteiger charge is -2.35. The van der Waals surface area contributed by atoms with Gasteiger partial charge in [0.2, 0.25) is 0 Å². The van der Waals surface area contributed by atoms with Crippen LogP contribution >= 0.6 is 11.8 Å². The van der Waals surface area contributed by atoms with E-state index in [1.807, 2.05) is 30.8 Å². The quantitative estimate of drug-likeness (QED) is 0.837. The fourth-order valence-corrected chi connectivity index (χ4v) is 3.78. The number of carbonyl (C=O) groups is 1. The summed E-state index contributed by atoms with van der Waals surface area (Å²) in [6.07, 6.45) is 8.39. The Labute approximate surface area is 125 Å². The molecule has 0 spiro atoms. The lowest BCUT2D eigenvalue weighted by Crippen LogP contribution is -2.41. The van der Waals surface area contributed by atoms with Crippen LogP contribution in [0.1, 0.15) is 48.0 Å². The van der Waals surface area contributed by atoms with Crippen LogP contribution in [0.5, 0.6) is 0 Å². The Morgan fingerprint density at radius 1 is 1.35 bits per heavy atom. The van der Waals surface area contributed by atoms with Gasteiger partial charge < -0.3 is 11.1 Å². The van der Waals surface area contributed by atoms with E-state index >= 15 is 0 Å². The number of amides is 1. The molecule has 1 aliphatic carbocycles. The van der Waals surface area contributed by atoms with Crippen LogP contribution in [0.3, 0.4) is 0 Å². The molecular formula is C16H24N2OS. The molecule has 1 aliphatic rings. The summed E-state index contributed by atoms with van der Waals surface area (Å²) < 4.78 is 0.215. The molecule has 4 heteroatoms. The van der Waals surface area contributed by atoms with E-state index in [2.05, 4.69) is 11.6 Å². The summed E-state index contributed by atoms with van der Waals surface area (Å²) in [6.45, 7) is 2.66. The van der Waals surface area contributed by atoms with Gasteiger partial charge in [-0.05, 0) is 37.7 Å². The van der Waals surface area contributed by atoms with Crippen molar-refractivity contribution in [3.05, 3.63) is 29.3 Å². The fourth-order valence-electron chi connectivity index (χ4n) is 2.86. The van der Waals surface area contributed by atoms with Crippen LogP contribution in [-0.4, -0.2) is 23.5 Å². The molecule has 0 bridgehead atoms. The van der Waals surface area contributed by atoms with E-state index < -0.39 is 0 Å². The Bertz CT molecular complexity index is 481. The summed E-state index contributed by atoms with van der Waals surface area (Å²) in [5.74, 6) is -0.0507. The first-order valence-electron chi connectivity index (χ1n) is 7.26. The minimum atomic E-state index is -0.0507. The third-order valence-corrected chi connectivity index (χ3v) is 5.76. The lowest BCUT2D eigenvalue weighted by atomic mass is 9.88. The van der Waals surface area contributed by atoms with Gasteiger partial charge in [-0.25, -0.2) is 0 Å². The molecule has 1 aromatic rings. The van der Waals surface area contributed by atoms with Crippen LogP contribution in [0.2, 0.25) is 0 Å². The third-order valence-electron chi connectivity index (χ3n) is 4.34. The molecule has 1 fully saturated rings. The molecule has 0 radical (unpaired) electrons. The number of anilines is 1. The van der Waals surface area contributed by atoms with Crippen molar-refractivity contribution in [2.75, 3.05) is 18.5 Å². The zero-order chi connectivity index (χ0) is 14.6. The number of aryl methyl sites for hydroxylation is 1. The Hall–Kier alpha value is -1.16. The van der Waals surface area contributed by atoms with Gasteiger partial charge in [-0.1, -0.05) is 31.4 Å². The van der Waals surface area contributed by atoms with Gasteiger partial charge in [-0.3, -0.25) is 4.79 Å². The molecule has 2 rings (SSSR count). The number of para-hydroxylation sites is 1. The van der Waals surface area contributed by atoms with E-state index in [4.69, 9.17) is 5.73 Å². The van der Waals surface area contributed by atoms with Crippen LogP contribution < -0.4 is 11.1 Å². The first kappa shape index (κ1) is 15.2. The number of nitrogen functional groups attached to an aromatic ring is 1. The molecule has 1 amide bonds. The summed E-state index contributed by atoms with van der Waals surface area (Å²) in [4.78, 5) is 12.3. The van der Waals surface area contributed by atoms with Crippen molar-refractivity contribution in [2.45, 2.75) is 43.8 Å². The van der Waals surface area contributed by atoms with Crippen molar-refractivity contribution in [2.24, 2.45) is 0 Å². The van der Waals surface area contributed by atoms with Crippen LogP contribution in [0.15, 0.2) is 18.2 Å². The SMILES string of the molecule is CSC1(CNC(=O)c2cccc(C)c2N)CCCCC1. The van der Waals surface area contributed by atoms with E-state index in [9.17, 15) is 4.79 Å². The van der Waals surface area contributed by atoms with Crippen molar-refractivity contribution in [3.63, 3.8) is 0 Å². The van der Waals surface area contributed by atoms with Gasteiger partial charge in [0, 0.05) is 17.0 Å². The molecule has 0 aromatic heterocycles. The van der Waals surface area contributed by atoms with Crippen LogP contribution in [-0.2, 0) is 0 Å². The van der Waals surface area contributed by atoms with Crippen molar-refractivity contribution in [1.29, 1.82) is 0 Å². The maximum Gasteiger partial charge on any atom is 0.253 e. The molecule has 0 aliphatic heterocycles. The molecule has 1 aromatic carbocycles. The van der Waals surface area contributed by atoms with Gasteiger partial charge in [-0.15, -0.1) is 0 Å². The monoisotopic (exact) mass is 292 g/mol. The maximum atomic E-state index is 12.3. The average Bonchev–Trinajstić information content (AvgIpc) is 2.48. The number of carbonyl (C=O) groups excluding carboxylic acids is 1. The summed E-state index contributed by atoms with van der Waals surface area (Å²) in [5, 5.41) is 3.09. The van der Waals surface area contributed by atoms with Gasteiger partial charge in [-0.2, -0.15) is 11.8 Å². The van der Waals surface area contributed by atoms with E-state index in [0.717, 1.165) is 12.1 Å². The third kappa shape index (κ3) is 3.29. The maximum absolute atomic E-state index is 12.3. The second kappa shape index (κ2) is 6.53. The zero-order valence-electron chi connectivity index (χ0n) is 12.4. The van der Waals surface area contributed by atoms with Gasteiger partial charge in [0.1, 0.15) is 0 Å². The van der Waals surface area contributed by atoms with Crippen molar-refractivity contribution in [3.8, 4) is 0 Å². The van der Waals surface area contributed by atoms with E-state index in [1.165, 1.54) is 32.1 Å². The molecule has 0 unspecified atom stereocenters. The highest BCUT2D eigenvalue weighted by Gasteiger charge is 2.31. The molecular weight excluding hydrogens is 268 g/mol. The predicted molar refractivity (Wildman–Crippen MR) is 87.3 cm³/mol. The topological polar surface area (TPSA) is 55.1 Å². The van der Waals surface area contributed by atoms with Crippen molar-refractivity contribution >= 4 is 23.4 Å². The van der Waals surface area contributed by atoms with Crippen LogP contribution in [0.25, 0.3) is 0 Å². The molecule has 1 saturated carbocycles.